The van der Waals surface area contributed by atoms with Gasteiger partial charge in [-0.3, -0.25) is 23.7 Å². The van der Waals surface area contributed by atoms with Gasteiger partial charge in [0.25, 0.3) is 0 Å². The first-order chi connectivity index (χ1) is 21.7. The summed E-state index contributed by atoms with van der Waals surface area (Å²) < 4.78 is 37.0. The van der Waals surface area contributed by atoms with Crippen molar-refractivity contribution in [1.82, 2.24) is 24.1 Å². The van der Waals surface area contributed by atoms with Gasteiger partial charge in [0, 0.05) is 65.4 Å². The molecular formula is C35H42ClN5O4S. The van der Waals surface area contributed by atoms with Gasteiger partial charge in [-0.25, -0.2) is 0 Å². The molecule has 46 heavy (non-hydrogen) atoms. The molecule has 3 heterocycles. The molecule has 11 heteroatoms. The Morgan fingerprint density at radius 1 is 1.07 bits per heavy atom. The van der Waals surface area contributed by atoms with Gasteiger partial charge in [0.15, 0.2) is 0 Å². The highest BCUT2D eigenvalue weighted by molar-refractivity contribution is 8.13. The number of para-hydroxylation sites is 1. The van der Waals surface area contributed by atoms with Gasteiger partial charge in [-0.2, -0.15) is 9.31 Å². The number of rotatable bonds is 11. The maximum Gasteiger partial charge on any atom is 0.239 e. The molecule has 0 bridgehead atoms. The Balaban J connectivity index is 1.46. The van der Waals surface area contributed by atoms with E-state index in [1.54, 1.807) is 6.07 Å². The van der Waals surface area contributed by atoms with Crippen molar-refractivity contribution in [3.8, 4) is 16.9 Å². The van der Waals surface area contributed by atoms with Crippen molar-refractivity contribution in [2.75, 3.05) is 12.9 Å². The summed E-state index contributed by atoms with van der Waals surface area (Å²) in [5.74, 6) is 0.275. The minimum Gasteiger partial charge on any atom is -0.494 e. The topological polar surface area (TPSA) is 111 Å². The van der Waals surface area contributed by atoms with Gasteiger partial charge in [0.2, 0.25) is 5.91 Å². The summed E-state index contributed by atoms with van der Waals surface area (Å²) in [5.41, 5.74) is 9.26. The Labute approximate surface area is 275 Å². The fourth-order valence-electron chi connectivity index (χ4n) is 6.21. The number of pyridine rings is 1. The Bertz CT molecular complexity index is 1990. The van der Waals surface area contributed by atoms with Crippen LogP contribution in [-0.4, -0.2) is 46.9 Å². The summed E-state index contributed by atoms with van der Waals surface area (Å²) in [6, 6.07) is 13.3. The smallest absolute Gasteiger partial charge is 0.239 e. The molecule has 0 saturated heterocycles. The van der Waals surface area contributed by atoms with Crippen molar-refractivity contribution in [1.29, 1.82) is 0 Å². The number of hydrogen-bond acceptors (Lipinski definition) is 5. The lowest BCUT2D eigenvalue weighted by Crippen LogP contribution is -2.49. The number of benzene rings is 2. The first-order valence-corrected chi connectivity index (χ1v) is 18.0. The van der Waals surface area contributed by atoms with Gasteiger partial charge < -0.3 is 9.30 Å². The van der Waals surface area contributed by atoms with Crippen LogP contribution in [-0.2, 0) is 34.3 Å². The number of ether oxygens (including phenoxy) is 1. The van der Waals surface area contributed by atoms with Crippen LogP contribution in [0.15, 0.2) is 59.8 Å². The van der Waals surface area contributed by atoms with E-state index in [4.69, 9.17) is 16.3 Å². The van der Waals surface area contributed by atoms with E-state index in [0.717, 1.165) is 80.1 Å². The molecule has 0 saturated carbocycles. The summed E-state index contributed by atoms with van der Waals surface area (Å²) in [4.78, 5) is 17.2. The number of carbonyl (C=O) groups is 1. The molecule has 0 atom stereocenters. The van der Waals surface area contributed by atoms with Gasteiger partial charge >= 0.3 is 0 Å². The molecule has 0 radical (unpaired) electrons. The molecule has 5 rings (SSSR count). The highest BCUT2D eigenvalue weighted by Gasteiger charge is 2.27. The minimum atomic E-state index is -4.63. The zero-order valence-electron chi connectivity index (χ0n) is 27.5. The molecule has 3 aromatic heterocycles. The van der Waals surface area contributed by atoms with E-state index in [2.05, 4.69) is 51.4 Å². The number of aromatic nitrogens is 4. The number of hydrogen-bond donors (Lipinski definition) is 2. The maximum absolute atomic E-state index is 13.5. The van der Waals surface area contributed by atoms with Crippen molar-refractivity contribution in [2.24, 2.45) is 7.05 Å². The standard InChI is InChI=1S/C35H42ClN5O4S/c1-22-19-27(20-23(2)34(22)36)45-18-10-14-29-25(4)41(17-15-32(42)39-46(7,43,44)28-11-9-16-37-21-28)35-30(29)12-8-13-31(35)33-24(3)38-40(6)26(33)5/h8-9,11-13,16,19-21H,10,14-15,17-18H2,1-7H3,(H2,39,42,43,44). The van der Waals surface area contributed by atoms with Crippen LogP contribution in [0.5, 0.6) is 5.75 Å². The summed E-state index contributed by atoms with van der Waals surface area (Å²) in [7, 11) is -2.70. The summed E-state index contributed by atoms with van der Waals surface area (Å²) >= 11 is 6.34. The average Bonchev–Trinajstić information content (AvgIpc) is 3.42. The Hall–Kier alpha value is -3.99. The van der Waals surface area contributed by atoms with Crippen molar-refractivity contribution >= 4 is 37.9 Å². The molecule has 9 nitrogen and oxygen atoms in total. The lowest BCUT2D eigenvalue weighted by molar-refractivity contribution is -0.119. The van der Waals surface area contributed by atoms with E-state index in [0.29, 0.717) is 13.2 Å². The van der Waals surface area contributed by atoms with E-state index in [1.807, 2.05) is 44.6 Å². The van der Waals surface area contributed by atoms with Crippen LogP contribution in [0.25, 0.3) is 22.0 Å². The van der Waals surface area contributed by atoms with Crippen molar-refractivity contribution in [3.05, 3.63) is 93.7 Å². The van der Waals surface area contributed by atoms with E-state index in [9.17, 15) is 13.6 Å². The summed E-state index contributed by atoms with van der Waals surface area (Å²) in [6.07, 6.45) is 5.51. The van der Waals surface area contributed by atoms with Gasteiger partial charge in [0.1, 0.15) is 5.75 Å². The molecule has 0 spiro atoms. The third kappa shape index (κ3) is 6.61. The van der Waals surface area contributed by atoms with E-state index in [1.165, 1.54) is 24.0 Å². The van der Waals surface area contributed by atoms with Crippen molar-refractivity contribution in [2.45, 2.75) is 65.3 Å². The second kappa shape index (κ2) is 12.7. The first kappa shape index (κ1) is 33.4. The lowest BCUT2D eigenvalue weighted by Gasteiger charge is -2.39. The zero-order valence-corrected chi connectivity index (χ0v) is 29.1. The second-order valence-electron chi connectivity index (χ2n) is 12.2. The molecule has 2 aromatic carbocycles. The monoisotopic (exact) mass is 663 g/mol. The van der Waals surface area contributed by atoms with Crippen molar-refractivity contribution in [3.63, 3.8) is 0 Å². The number of amides is 1. The largest absolute Gasteiger partial charge is 0.494 e. The van der Waals surface area contributed by atoms with Gasteiger partial charge in [0.05, 0.1) is 28.9 Å². The van der Waals surface area contributed by atoms with Crippen LogP contribution < -0.4 is 9.46 Å². The quantitative estimate of drug-likeness (QED) is 0.147. The minimum absolute atomic E-state index is 0.00494. The third-order valence-corrected chi connectivity index (χ3v) is 11.3. The van der Waals surface area contributed by atoms with Crippen LogP contribution in [0, 0.1) is 34.6 Å². The molecule has 1 amide bonds. The van der Waals surface area contributed by atoms with E-state index >= 15 is 0 Å². The molecule has 0 aliphatic heterocycles. The van der Waals surface area contributed by atoms with Crippen LogP contribution in [0.2, 0.25) is 5.02 Å². The number of carbonyl (C=O) groups excluding carboxylic acids is 1. The van der Waals surface area contributed by atoms with Crippen LogP contribution in [0.3, 0.4) is 0 Å². The average molecular weight is 664 g/mol. The molecule has 0 aliphatic rings. The molecule has 2 N–H and O–H groups in total. The van der Waals surface area contributed by atoms with E-state index in [-0.39, 0.29) is 11.3 Å². The van der Waals surface area contributed by atoms with Crippen LogP contribution in [0.4, 0.5) is 0 Å². The number of fused-ring (bicyclic) bond motifs is 1. The number of halogens is 1. The Kier molecular flexibility index (Phi) is 9.19. The van der Waals surface area contributed by atoms with Gasteiger partial charge in [-0.15, -0.1) is 9.53 Å². The van der Waals surface area contributed by atoms with E-state index < -0.39 is 15.4 Å². The Morgan fingerprint density at radius 2 is 1.78 bits per heavy atom. The maximum atomic E-state index is 13.5. The predicted molar refractivity (Wildman–Crippen MR) is 185 cm³/mol. The molecule has 5 aromatic rings. The normalized spacial score (nSPS) is 12.7. The number of aryl methyl sites for hydroxylation is 6. The zero-order chi connectivity index (χ0) is 33.4. The molecule has 0 aliphatic carbocycles. The second-order valence-corrected chi connectivity index (χ2v) is 15.8. The SMILES string of the molecule is Cc1cc(OCCCc2c(C)n(CCC(=O)NS(C)(=O)(O)c3cccnc3)c3c(-c4c(C)nn(C)c4C)cccc23)cc(C)c1Cl. The summed E-state index contributed by atoms with van der Waals surface area (Å²) in [6.45, 7) is 10.9. The lowest BCUT2D eigenvalue weighted by atomic mass is 9.98. The van der Waals surface area contributed by atoms with Gasteiger partial charge in [-0.05, 0) is 88.4 Å². The van der Waals surface area contributed by atoms with Crippen LogP contribution in [0.1, 0.15) is 46.6 Å². The van der Waals surface area contributed by atoms with Gasteiger partial charge in [-0.1, -0.05) is 29.8 Å². The van der Waals surface area contributed by atoms with Crippen LogP contribution >= 0.6 is 11.6 Å². The predicted octanol–water partition coefficient (Wildman–Crippen LogP) is 7.05. The number of nitrogens with zero attached hydrogens (tertiary/aromatic N) is 4. The summed E-state index contributed by atoms with van der Waals surface area (Å²) in [5, 5.41) is 6.53. The number of nitrogens with one attached hydrogen (secondary N) is 1. The first-order valence-electron chi connectivity index (χ1n) is 15.3. The fraction of sp³-hybridized carbons (Fsp3) is 0.343. The molecular weight excluding hydrogens is 622 g/mol. The molecule has 244 valence electrons. The Morgan fingerprint density at radius 3 is 2.41 bits per heavy atom. The highest BCUT2D eigenvalue weighted by Crippen LogP contribution is 2.38. The third-order valence-electron chi connectivity index (χ3n) is 8.61. The molecule has 0 unspecified atom stereocenters. The fourth-order valence-corrected chi connectivity index (χ4v) is 7.79. The van der Waals surface area contributed by atoms with Crippen molar-refractivity contribution < 1.29 is 18.3 Å². The highest BCUT2D eigenvalue weighted by atomic mass is 35.5. The molecule has 0 fully saturated rings.